The number of ether oxygens (including phenoxy) is 1. The number of hydrogen-bond acceptors (Lipinski definition) is 3. The van der Waals surface area contributed by atoms with Gasteiger partial charge in [0.25, 0.3) is 0 Å². The van der Waals surface area contributed by atoms with Gasteiger partial charge < -0.3 is 9.72 Å². The number of benzene rings is 1. The number of hydrogen-bond donors (Lipinski definition) is 1. The minimum absolute atomic E-state index is 0.0254. The Morgan fingerprint density at radius 3 is 2.67 bits per heavy atom. The Balaban J connectivity index is 2.35. The quantitative estimate of drug-likeness (QED) is 0.879. The fourth-order valence-corrected chi connectivity index (χ4v) is 1.90. The van der Waals surface area contributed by atoms with E-state index in [9.17, 15) is 9.59 Å². The first-order valence-corrected chi connectivity index (χ1v) is 5.78. The maximum Gasteiger partial charge on any atom is 0.167 e. The van der Waals surface area contributed by atoms with Crippen molar-refractivity contribution in [3.63, 3.8) is 0 Å². The van der Waals surface area contributed by atoms with E-state index < -0.39 is 0 Å². The van der Waals surface area contributed by atoms with Crippen molar-refractivity contribution in [3.05, 3.63) is 30.0 Å². The van der Waals surface area contributed by atoms with Gasteiger partial charge in [0.05, 0.1) is 5.52 Å². The van der Waals surface area contributed by atoms with Crippen molar-refractivity contribution in [1.29, 1.82) is 0 Å². The van der Waals surface area contributed by atoms with Crippen LogP contribution in [0.5, 0.6) is 5.75 Å². The summed E-state index contributed by atoms with van der Waals surface area (Å²) in [4.78, 5) is 25.2. The highest BCUT2D eigenvalue weighted by Gasteiger charge is 2.10. The number of para-hydroxylation sites is 1. The summed E-state index contributed by atoms with van der Waals surface area (Å²) in [7, 11) is 0. The van der Waals surface area contributed by atoms with Gasteiger partial charge in [-0.15, -0.1) is 0 Å². The van der Waals surface area contributed by atoms with Crippen LogP contribution in [0.15, 0.2) is 24.4 Å². The summed E-state index contributed by atoms with van der Waals surface area (Å²) >= 11 is 0. The number of carbonyl (C=O) groups is 2. The molecule has 0 spiro atoms. The minimum Gasteiger partial charge on any atom is -0.484 e. The lowest BCUT2D eigenvalue weighted by Gasteiger charge is -2.05. The van der Waals surface area contributed by atoms with Gasteiger partial charge in [-0.25, -0.2) is 0 Å². The second-order valence-electron chi connectivity index (χ2n) is 4.36. The first-order valence-electron chi connectivity index (χ1n) is 5.78. The second-order valence-corrected chi connectivity index (χ2v) is 4.36. The molecular formula is C14H15NO3. The zero-order chi connectivity index (χ0) is 13.1. The van der Waals surface area contributed by atoms with Crippen molar-refractivity contribution in [2.24, 2.45) is 0 Å². The molecule has 0 bridgehead atoms. The lowest BCUT2D eigenvalue weighted by atomic mass is 10.1. The van der Waals surface area contributed by atoms with E-state index in [4.69, 9.17) is 4.74 Å². The Kier molecular flexibility index (Phi) is 3.46. The first kappa shape index (κ1) is 12.4. The van der Waals surface area contributed by atoms with Crippen LogP contribution in [0.2, 0.25) is 0 Å². The molecule has 1 aromatic heterocycles. The van der Waals surface area contributed by atoms with Crippen molar-refractivity contribution in [3.8, 4) is 5.75 Å². The smallest absolute Gasteiger partial charge is 0.167 e. The van der Waals surface area contributed by atoms with Gasteiger partial charge in [-0.3, -0.25) is 9.59 Å². The highest BCUT2D eigenvalue weighted by Crippen LogP contribution is 2.27. The number of H-pyrrole nitrogens is 1. The minimum atomic E-state index is -0.0254. The predicted octanol–water partition coefficient (Wildman–Crippen LogP) is 2.27. The molecule has 1 N–H and O–H groups in total. The summed E-state index contributed by atoms with van der Waals surface area (Å²) < 4.78 is 5.43. The second kappa shape index (κ2) is 5.04. The van der Waals surface area contributed by atoms with Gasteiger partial charge >= 0.3 is 0 Å². The van der Waals surface area contributed by atoms with Crippen LogP contribution in [0.1, 0.15) is 19.4 Å². The summed E-state index contributed by atoms with van der Waals surface area (Å²) in [6, 6.07) is 5.60. The monoisotopic (exact) mass is 245 g/mol. The average Bonchev–Trinajstić information content (AvgIpc) is 2.69. The SMILES string of the molecule is CC(=O)COc1cccc2c(CC(C)=O)c[nH]c12. The van der Waals surface area contributed by atoms with Crippen LogP contribution < -0.4 is 4.74 Å². The predicted molar refractivity (Wildman–Crippen MR) is 68.9 cm³/mol. The van der Waals surface area contributed by atoms with Crippen LogP contribution in [0.4, 0.5) is 0 Å². The maximum atomic E-state index is 11.2. The van der Waals surface area contributed by atoms with E-state index in [1.54, 1.807) is 13.0 Å². The van der Waals surface area contributed by atoms with Crippen LogP contribution in [0.3, 0.4) is 0 Å². The van der Waals surface area contributed by atoms with Crippen molar-refractivity contribution in [1.82, 2.24) is 4.98 Å². The summed E-state index contributed by atoms with van der Waals surface area (Å²) in [5.74, 6) is 0.728. The van der Waals surface area contributed by atoms with Crippen LogP contribution in [0.25, 0.3) is 10.9 Å². The molecule has 0 unspecified atom stereocenters. The van der Waals surface area contributed by atoms with E-state index in [1.807, 2.05) is 18.3 Å². The van der Waals surface area contributed by atoms with Crippen LogP contribution >= 0.6 is 0 Å². The Hall–Kier alpha value is -2.10. The fourth-order valence-electron chi connectivity index (χ4n) is 1.90. The molecule has 4 nitrogen and oxygen atoms in total. The molecule has 0 aliphatic carbocycles. The number of Topliss-reactive ketones (excluding diaryl/α,β-unsaturated/α-hetero) is 2. The third-order valence-electron chi connectivity index (χ3n) is 2.63. The number of nitrogens with one attached hydrogen (secondary N) is 1. The number of rotatable bonds is 5. The van der Waals surface area contributed by atoms with E-state index in [2.05, 4.69) is 4.98 Å². The molecule has 2 aromatic rings. The summed E-state index contributed by atoms with van der Waals surface area (Å²) in [5, 5.41) is 0.964. The third kappa shape index (κ3) is 2.59. The molecule has 2 rings (SSSR count). The Labute approximate surface area is 105 Å². The van der Waals surface area contributed by atoms with Gasteiger partial charge in [-0.05, 0) is 25.5 Å². The zero-order valence-corrected chi connectivity index (χ0v) is 10.4. The summed E-state index contributed by atoms with van der Waals surface area (Å²) in [5.41, 5.74) is 1.78. The van der Waals surface area contributed by atoms with Crippen molar-refractivity contribution in [2.75, 3.05) is 6.61 Å². The third-order valence-corrected chi connectivity index (χ3v) is 2.63. The van der Waals surface area contributed by atoms with E-state index >= 15 is 0 Å². The molecule has 1 aromatic carbocycles. The standard InChI is InChI=1S/C14H15NO3/c1-9(16)6-11-7-15-14-12(11)4-3-5-13(14)18-8-10(2)17/h3-5,7,15H,6,8H2,1-2H3. The molecular weight excluding hydrogens is 230 g/mol. The van der Waals surface area contributed by atoms with Gasteiger partial charge in [0.15, 0.2) is 5.78 Å². The number of aromatic nitrogens is 1. The van der Waals surface area contributed by atoms with Gasteiger partial charge in [-0.2, -0.15) is 0 Å². The lowest BCUT2D eigenvalue weighted by molar-refractivity contribution is -0.119. The zero-order valence-electron chi connectivity index (χ0n) is 10.4. The van der Waals surface area contributed by atoms with Gasteiger partial charge in [0.1, 0.15) is 18.1 Å². The average molecular weight is 245 g/mol. The van der Waals surface area contributed by atoms with E-state index in [1.165, 1.54) is 6.92 Å². The van der Waals surface area contributed by atoms with Crippen molar-refractivity contribution >= 4 is 22.5 Å². The Bertz CT molecular complexity index is 598. The Morgan fingerprint density at radius 2 is 2.00 bits per heavy atom. The molecule has 18 heavy (non-hydrogen) atoms. The Morgan fingerprint density at radius 1 is 1.22 bits per heavy atom. The molecule has 0 atom stereocenters. The van der Waals surface area contributed by atoms with Crippen molar-refractivity contribution < 1.29 is 14.3 Å². The molecule has 4 heteroatoms. The van der Waals surface area contributed by atoms with Crippen LogP contribution in [-0.2, 0) is 16.0 Å². The first-order chi connectivity index (χ1) is 8.58. The lowest BCUT2D eigenvalue weighted by Crippen LogP contribution is -2.06. The summed E-state index contributed by atoms with van der Waals surface area (Å²) in [6.45, 7) is 3.10. The van der Waals surface area contributed by atoms with Crippen LogP contribution in [-0.4, -0.2) is 23.2 Å². The molecule has 0 aliphatic rings. The van der Waals surface area contributed by atoms with Gasteiger partial charge in [-0.1, -0.05) is 12.1 Å². The molecule has 0 saturated carbocycles. The largest absolute Gasteiger partial charge is 0.484 e. The highest BCUT2D eigenvalue weighted by molar-refractivity contribution is 5.92. The number of carbonyl (C=O) groups excluding carboxylic acids is 2. The van der Waals surface area contributed by atoms with Crippen LogP contribution in [0, 0.1) is 0 Å². The summed E-state index contributed by atoms with van der Waals surface area (Å²) in [6.07, 6.45) is 2.21. The fraction of sp³-hybridized carbons (Fsp3) is 0.286. The van der Waals surface area contributed by atoms with E-state index in [0.717, 1.165) is 16.5 Å². The van der Waals surface area contributed by atoms with Gasteiger partial charge in [0, 0.05) is 18.0 Å². The van der Waals surface area contributed by atoms with Gasteiger partial charge in [0.2, 0.25) is 0 Å². The molecule has 0 fully saturated rings. The van der Waals surface area contributed by atoms with E-state index in [-0.39, 0.29) is 18.2 Å². The molecule has 94 valence electrons. The van der Waals surface area contributed by atoms with E-state index in [0.29, 0.717) is 12.2 Å². The molecule has 0 saturated heterocycles. The number of ketones is 2. The number of aromatic amines is 1. The molecule has 0 radical (unpaired) electrons. The molecule has 0 amide bonds. The highest BCUT2D eigenvalue weighted by atomic mass is 16.5. The molecule has 0 aliphatic heterocycles. The topological polar surface area (TPSA) is 59.2 Å². The maximum absolute atomic E-state index is 11.2. The van der Waals surface area contributed by atoms with Crippen molar-refractivity contribution in [2.45, 2.75) is 20.3 Å². The normalized spacial score (nSPS) is 10.6. The number of fused-ring (bicyclic) bond motifs is 1. The molecule has 1 heterocycles.